The van der Waals surface area contributed by atoms with Crippen LogP contribution in [0, 0.1) is 17.8 Å². The summed E-state index contributed by atoms with van der Waals surface area (Å²) < 4.78 is 50.9. The number of rotatable bonds is 13. The number of hydrogen-bond acceptors (Lipinski definition) is 9. The van der Waals surface area contributed by atoms with Crippen LogP contribution in [0.3, 0.4) is 0 Å². The highest BCUT2D eigenvalue weighted by atomic mass is 32.2. The number of sulfonamides is 1. The lowest BCUT2D eigenvalue weighted by Gasteiger charge is -2.33. The van der Waals surface area contributed by atoms with E-state index >= 15 is 0 Å². The number of carbonyl (C=O) groups excluding carboxylic acids is 1. The summed E-state index contributed by atoms with van der Waals surface area (Å²) in [5.74, 6) is -0.342. The minimum atomic E-state index is -3.93. The van der Waals surface area contributed by atoms with E-state index in [0.717, 1.165) is 12.0 Å². The number of nitrogen functional groups attached to an aromatic ring is 1. The molecule has 0 bridgehead atoms. The molecule has 2 aromatic carbocycles. The van der Waals surface area contributed by atoms with Crippen LogP contribution in [0.1, 0.15) is 38.7 Å². The van der Waals surface area contributed by atoms with Crippen LogP contribution in [0.2, 0.25) is 0 Å². The smallest absolute Gasteiger partial charge is 0.306 e. The highest BCUT2D eigenvalue weighted by Gasteiger charge is 2.41. The van der Waals surface area contributed by atoms with E-state index in [1.807, 2.05) is 38.1 Å². The van der Waals surface area contributed by atoms with Gasteiger partial charge in [-0.15, -0.1) is 0 Å². The molecule has 2 saturated heterocycles. The number of methoxy groups -OCH3 is 1. The van der Waals surface area contributed by atoms with Crippen LogP contribution >= 0.6 is 0 Å². The Kier molecular flexibility index (Phi) is 10.6. The first-order valence-corrected chi connectivity index (χ1v) is 15.6. The van der Waals surface area contributed by atoms with E-state index in [1.54, 1.807) is 7.11 Å². The highest BCUT2D eigenvalue weighted by molar-refractivity contribution is 7.89. The van der Waals surface area contributed by atoms with Crippen LogP contribution in [0.4, 0.5) is 5.69 Å². The summed E-state index contributed by atoms with van der Waals surface area (Å²) in [5.41, 5.74) is 7.11. The zero-order valence-corrected chi connectivity index (χ0v) is 24.8. The predicted octanol–water partition coefficient (Wildman–Crippen LogP) is 3.23. The fourth-order valence-corrected chi connectivity index (χ4v) is 7.06. The largest absolute Gasteiger partial charge is 0.497 e. The highest BCUT2D eigenvalue weighted by Crippen LogP contribution is 2.33. The molecule has 2 aliphatic heterocycles. The topological polar surface area (TPSA) is 138 Å². The average molecular weight is 591 g/mol. The Balaban J connectivity index is 1.53. The zero-order valence-electron chi connectivity index (χ0n) is 24.0. The number of nitrogens with two attached hydrogens (primary N) is 1. The van der Waals surface area contributed by atoms with Crippen molar-refractivity contribution in [1.82, 2.24) is 4.31 Å². The number of benzene rings is 2. The van der Waals surface area contributed by atoms with Gasteiger partial charge in [0.05, 0.1) is 37.7 Å². The van der Waals surface area contributed by atoms with Gasteiger partial charge < -0.3 is 29.8 Å². The summed E-state index contributed by atoms with van der Waals surface area (Å²) in [6.07, 6.45) is -0.182. The van der Waals surface area contributed by atoms with E-state index in [-0.39, 0.29) is 48.6 Å². The third-order valence-electron chi connectivity index (χ3n) is 7.64. The molecule has 3 N–H and O–H groups in total. The lowest BCUT2D eigenvalue weighted by atomic mass is 9.90. The van der Waals surface area contributed by atoms with Gasteiger partial charge in [0.15, 0.2) is 6.29 Å². The minimum absolute atomic E-state index is 0.00542. The lowest BCUT2D eigenvalue weighted by Crippen LogP contribution is -2.43. The average Bonchev–Trinajstić information content (AvgIpc) is 3.43. The van der Waals surface area contributed by atoms with E-state index in [2.05, 4.69) is 0 Å². The van der Waals surface area contributed by atoms with Crippen LogP contribution in [-0.4, -0.2) is 75.7 Å². The Morgan fingerprint density at radius 1 is 1.05 bits per heavy atom. The number of ether oxygens (including phenoxy) is 4. The third-order valence-corrected chi connectivity index (χ3v) is 9.48. The maximum Gasteiger partial charge on any atom is 0.306 e. The van der Waals surface area contributed by atoms with E-state index < -0.39 is 28.0 Å². The zero-order chi connectivity index (χ0) is 29.6. The number of nitrogens with zero attached hydrogens (tertiary/aromatic N) is 1. The molecular formula is C30H42N2O8S. The van der Waals surface area contributed by atoms with Crippen LogP contribution in [0.5, 0.6) is 5.75 Å². The number of hydrogen-bond donors (Lipinski definition) is 2. The molecule has 2 heterocycles. The molecule has 0 aromatic heterocycles. The second-order valence-electron chi connectivity index (χ2n) is 11.2. The van der Waals surface area contributed by atoms with Crippen molar-refractivity contribution in [2.45, 2.75) is 62.9 Å². The van der Waals surface area contributed by atoms with Gasteiger partial charge in [0.2, 0.25) is 10.0 Å². The molecule has 0 radical (unpaired) electrons. The first kappa shape index (κ1) is 31.2. The SMILES string of the molecule is COc1ccc(C[C@H](CC(=O)O[C@H]2CCO[C@H]3OCC[C@H]32)[C@H](O)CN(CC(C)C)S(=O)(=O)c2ccc(N)cc2)cc1. The van der Waals surface area contributed by atoms with Crippen molar-refractivity contribution < 1.29 is 37.3 Å². The van der Waals surface area contributed by atoms with Gasteiger partial charge in [-0.05, 0) is 60.7 Å². The number of anilines is 1. The summed E-state index contributed by atoms with van der Waals surface area (Å²) in [6, 6.07) is 13.4. The van der Waals surface area contributed by atoms with Crippen LogP contribution < -0.4 is 10.5 Å². The van der Waals surface area contributed by atoms with Gasteiger partial charge in [0.1, 0.15) is 11.9 Å². The van der Waals surface area contributed by atoms with Gasteiger partial charge >= 0.3 is 5.97 Å². The minimum Gasteiger partial charge on any atom is -0.497 e. The molecule has 0 unspecified atom stereocenters. The standard InChI is InChI=1S/C30H42N2O8S/c1-20(2)18-32(41(35,36)25-10-6-23(31)7-11-25)19-27(33)22(16-21-4-8-24(37-3)9-5-21)17-29(34)40-28-13-15-39-30-26(28)12-14-38-30/h4-11,20,22,26-28,30,33H,12-19,31H2,1-3H3/t22-,26+,27-,28+,30-/m1/s1. The van der Waals surface area contributed by atoms with Gasteiger partial charge in [-0.25, -0.2) is 8.42 Å². The fourth-order valence-electron chi connectivity index (χ4n) is 5.44. The molecule has 2 fully saturated rings. The molecule has 5 atom stereocenters. The molecule has 0 aliphatic carbocycles. The van der Waals surface area contributed by atoms with Crippen LogP contribution in [-0.2, 0) is 35.4 Å². The normalized spacial score (nSPS) is 22.3. The molecule has 0 saturated carbocycles. The van der Waals surface area contributed by atoms with Crippen molar-refractivity contribution in [1.29, 1.82) is 0 Å². The third kappa shape index (κ3) is 8.20. The van der Waals surface area contributed by atoms with E-state index in [4.69, 9.17) is 24.7 Å². The molecule has 2 aromatic rings. The maximum atomic E-state index is 13.6. The molecule has 0 amide bonds. The van der Waals surface area contributed by atoms with Gasteiger partial charge in [-0.1, -0.05) is 26.0 Å². The molecule has 41 heavy (non-hydrogen) atoms. The van der Waals surface area contributed by atoms with Crippen molar-refractivity contribution in [3.05, 3.63) is 54.1 Å². The van der Waals surface area contributed by atoms with Crippen molar-refractivity contribution >= 4 is 21.7 Å². The molecule has 2 aliphatic rings. The summed E-state index contributed by atoms with van der Waals surface area (Å²) in [4.78, 5) is 13.3. The number of esters is 1. The summed E-state index contributed by atoms with van der Waals surface area (Å²) in [5, 5.41) is 11.5. The number of aliphatic hydroxyl groups is 1. The van der Waals surface area contributed by atoms with E-state index in [1.165, 1.54) is 28.6 Å². The quantitative estimate of drug-likeness (QED) is 0.266. The monoisotopic (exact) mass is 590 g/mol. The van der Waals surface area contributed by atoms with Crippen molar-refractivity contribution in [3.63, 3.8) is 0 Å². The maximum absolute atomic E-state index is 13.6. The Labute approximate surface area is 242 Å². The molecule has 4 rings (SSSR count). The van der Waals surface area contributed by atoms with Crippen molar-refractivity contribution in [2.75, 3.05) is 39.1 Å². The van der Waals surface area contributed by atoms with Crippen LogP contribution in [0.15, 0.2) is 53.4 Å². The second kappa shape index (κ2) is 14.0. The fraction of sp³-hybridized carbons (Fsp3) is 0.567. The Bertz CT molecular complexity index is 1240. The molecule has 10 nitrogen and oxygen atoms in total. The van der Waals surface area contributed by atoms with Gasteiger partial charge in [-0.3, -0.25) is 4.79 Å². The lowest BCUT2D eigenvalue weighted by molar-refractivity contribution is -0.195. The molecular weight excluding hydrogens is 548 g/mol. The molecule has 0 spiro atoms. The Hall–Kier alpha value is -2.70. The Morgan fingerprint density at radius 3 is 2.34 bits per heavy atom. The number of aliphatic hydroxyl groups excluding tert-OH is 1. The van der Waals surface area contributed by atoms with Gasteiger partial charge in [0.25, 0.3) is 0 Å². The summed E-state index contributed by atoms with van der Waals surface area (Å²) >= 11 is 0. The second-order valence-corrected chi connectivity index (χ2v) is 13.2. The summed E-state index contributed by atoms with van der Waals surface area (Å²) in [7, 11) is -2.35. The molecule has 226 valence electrons. The summed E-state index contributed by atoms with van der Waals surface area (Å²) in [6.45, 7) is 4.87. The van der Waals surface area contributed by atoms with Gasteiger partial charge in [0, 0.05) is 37.0 Å². The van der Waals surface area contributed by atoms with E-state index in [9.17, 15) is 18.3 Å². The number of carbonyl (C=O) groups is 1. The number of fused-ring (bicyclic) bond motifs is 1. The van der Waals surface area contributed by atoms with Crippen LogP contribution in [0.25, 0.3) is 0 Å². The molecule has 11 heteroatoms. The van der Waals surface area contributed by atoms with Crippen molar-refractivity contribution in [2.24, 2.45) is 17.8 Å². The van der Waals surface area contributed by atoms with Crippen molar-refractivity contribution in [3.8, 4) is 5.75 Å². The predicted molar refractivity (Wildman–Crippen MR) is 154 cm³/mol. The van der Waals surface area contributed by atoms with E-state index in [0.29, 0.717) is 37.5 Å². The Morgan fingerprint density at radius 2 is 1.71 bits per heavy atom. The first-order chi connectivity index (χ1) is 19.6. The van der Waals surface area contributed by atoms with Gasteiger partial charge in [-0.2, -0.15) is 4.31 Å². The first-order valence-electron chi connectivity index (χ1n) is 14.2.